The van der Waals surface area contributed by atoms with Crippen molar-refractivity contribution in [3.05, 3.63) is 69.5 Å². The third kappa shape index (κ3) is 3.64. The molecule has 3 aromatic rings. The summed E-state index contributed by atoms with van der Waals surface area (Å²) in [5, 5.41) is 0.806. The minimum atomic E-state index is -0.469. The molecule has 1 aliphatic heterocycles. The topological polar surface area (TPSA) is 61.8 Å². The summed E-state index contributed by atoms with van der Waals surface area (Å²) in [6, 6.07) is 7.54. The summed E-state index contributed by atoms with van der Waals surface area (Å²) >= 11 is 0. The highest BCUT2D eigenvalue weighted by atomic mass is 16.5. The molecule has 0 saturated carbocycles. The summed E-state index contributed by atoms with van der Waals surface area (Å²) in [7, 11) is 1.59. The van der Waals surface area contributed by atoms with Crippen molar-refractivity contribution in [3.63, 3.8) is 0 Å². The number of ether oxygens (including phenoxy) is 2. The molecular formula is C25H28O5. The fraction of sp³-hybridized carbons (Fsp3) is 0.400. The lowest BCUT2D eigenvalue weighted by molar-refractivity contribution is 0.0862. The van der Waals surface area contributed by atoms with E-state index in [2.05, 4.69) is 26.0 Å². The van der Waals surface area contributed by atoms with E-state index in [4.69, 9.17) is 18.3 Å². The Kier molecular flexibility index (Phi) is 5.22. The summed E-state index contributed by atoms with van der Waals surface area (Å²) in [5.41, 5.74) is 2.71. The number of benzene rings is 1. The largest absolute Gasteiger partial charge is 0.497 e. The molecule has 30 heavy (non-hydrogen) atoms. The van der Waals surface area contributed by atoms with Crippen LogP contribution >= 0.6 is 0 Å². The third-order valence-corrected chi connectivity index (χ3v) is 6.16. The highest BCUT2D eigenvalue weighted by Crippen LogP contribution is 2.48. The Labute approximate surface area is 176 Å². The number of methoxy groups -OCH3 is 1. The van der Waals surface area contributed by atoms with Crippen LogP contribution in [0.3, 0.4) is 0 Å². The number of fused-ring (bicyclic) bond motifs is 3. The van der Waals surface area contributed by atoms with Crippen LogP contribution in [0.25, 0.3) is 11.0 Å². The molecule has 1 unspecified atom stereocenters. The Morgan fingerprint density at radius 3 is 2.80 bits per heavy atom. The van der Waals surface area contributed by atoms with E-state index in [0.717, 1.165) is 36.0 Å². The minimum absolute atomic E-state index is 0.0586. The molecule has 5 nitrogen and oxygen atoms in total. The van der Waals surface area contributed by atoms with Gasteiger partial charge in [0, 0.05) is 18.4 Å². The summed E-state index contributed by atoms with van der Waals surface area (Å²) in [5.74, 6) is 2.21. The van der Waals surface area contributed by atoms with Crippen molar-refractivity contribution in [2.75, 3.05) is 7.11 Å². The molecule has 1 aromatic carbocycles. The maximum Gasteiger partial charge on any atom is 0.343 e. The van der Waals surface area contributed by atoms with Gasteiger partial charge in [0.05, 0.1) is 24.3 Å². The average molecular weight is 408 g/mol. The number of hydrogen-bond donors (Lipinski definition) is 0. The average Bonchev–Trinajstić information content (AvgIpc) is 3.22. The SMILES string of the molecule is COc1ccc2c3c(c(=O)oc2c1)[C@@H](C)C(C)(CC/C=C(\C)Cc1cc(C)co1)O3. The maximum atomic E-state index is 12.7. The lowest BCUT2D eigenvalue weighted by Gasteiger charge is -2.28. The van der Waals surface area contributed by atoms with Crippen LogP contribution in [0.4, 0.5) is 0 Å². The normalized spacial score (nSPS) is 21.0. The molecule has 1 aliphatic rings. The quantitative estimate of drug-likeness (QED) is 0.374. The van der Waals surface area contributed by atoms with Crippen LogP contribution in [0.2, 0.25) is 0 Å². The van der Waals surface area contributed by atoms with Crippen LogP contribution in [0.15, 0.2) is 55.8 Å². The van der Waals surface area contributed by atoms with Gasteiger partial charge in [0.25, 0.3) is 0 Å². The van der Waals surface area contributed by atoms with Gasteiger partial charge in [-0.15, -0.1) is 0 Å². The first-order valence-electron chi connectivity index (χ1n) is 10.3. The Morgan fingerprint density at radius 1 is 1.30 bits per heavy atom. The van der Waals surface area contributed by atoms with Crippen LogP contribution in [0, 0.1) is 6.92 Å². The van der Waals surface area contributed by atoms with E-state index in [1.807, 2.05) is 26.0 Å². The highest BCUT2D eigenvalue weighted by Gasteiger charge is 2.44. The molecule has 3 heterocycles. The highest BCUT2D eigenvalue weighted by molar-refractivity contribution is 5.86. The zero-order valence-corrected chi connectivity index (χ0v) is 18.2. The van der Waals surface area contributed by atoms with Crippen molar-refractivity contribution in [2.24, 2.45) is 0 Å². The van der Waals surface area contributed by atoms with Crippen LogP contribution in [0.5, 0.6) is 11.5 Å². The van der Waals surface area contributed by atoms with Gasteiger partial charge < -0.3 is 18.3 Å². The van der Waals surface area contributed by atoms with Crippen molar-refractivity contribution < 1.29 is 18.3 Å². The molecule has 0 aliphatic carbocycles. The maximum absolute atomic E-state index is 12.7. The van der Waals surface area contributed by atoms with E-state index in [9.17, 15) is 4.79 Å². The van der Waals surface area contributed by atoms with Gasteiger partial charge in [-0.2, -0.15) is 0 Å². The molecule has 0 N–H and O–H groups in total. The molecule has 0 spiro atoms. The summed E-state index contributed by atoms with van der Waals surface area (Å²) in [6.45, 7) is 8.26. The molecule has 4 rings (SSSR count). The Balaban J connectivity index is 1.54. The number of furan rings is 1. The van der Waals surface area contributed by atoms with Gasteiger partial charge in [-0.05, 0) is 57.4 Å². The summed E-state index contributed by atoms with van der Waals surface area (Å²) in [6.07, 6.45) is 6.47. The number of hydrogen-bond acceptors (Lipinski definition) is 5. The van der Waals surface area contributed by atoms with Gasteiger partial charge in [0.15, 0.2) is 0 Å². The van der Waals surface area contributed by atoms with E-state index in [-0.39, 0.29) is 11.5 Å². The molecule has 0 saturated heterocycles. The van der Waals surface area contributed by atoms with E-state index < -0.39 is 5.60 Å². The van der Waals surface area contributed by atoms with Gasteiger partial charge in [-0.1, -0.05) is 18.6 Å². The summed E-state index contributed by atoms with van der Waals surface area (Å²) < 4.78 is 22.8. The molecule has 158 valence electrons. The fourth-order valence-electron chi connectivity index (χ4n) is 4.21. The Hall–Kier alpha value is -2.95. The molecule has 0 bridgehead atoms. The molecule has 0 fully saturated rings. The lowest BCUT2D eigenvalue weighted by Crippen LogP contribution is -2.33. The van der Waals surface area contributed by atoms with Gasteiger partial charge in [0.1, 0.15) is 28.4 Å². The molecule has 2 atom stereocenters. The number of allylic oxidation sites excluding steroid dienone is 2. The second-order valence-electron chi connectivity index (χ2n) is 8.49. The first kappa shape index (κ1) is 20.3. The van der Waals surface area contributed by atoms with E-state index in [1.54, 1.807) is 19.4 Å². The van der Waals surface area contributed by atoms with Gasteiger partial charge >= 0.3 is 5.63 Å². The Morgan fingerprint density at radius 2 is 2.10 bits per heavy atom. The number of aryl methyl sites for hydroxylation is 1. The second kappa shape index (κ2) is 7.71. The van der Waals surface area contributed by atoms with Crippen molar-refractivity contribution in [1.82, 2.24) is 0 Å². The van der Waals surface area contributed by atoms with Gasteiger partial charge in [0.2, 0.25) is 0 Å². The second-order valence-corrected chi connectivity index (χ2v) is 8.49. The Bertz CT molecular complexity index is 1170. The summed E-state index contributed by atoms with van der Waals surface area (Å²) in [4.78, 5) is 12.7. The smallest absolute Gasteiger partial charge is 0.343 e. The fourth-order valence-corrected chi connectivity index (χ4v) is 4.21. The predicted octanol–water partition coefficient (Wildman–Crippen LogP) is 5.93. The molecule has 0 amide bonds. The lowest BCUT2D eigenvalue weighted by atomic mass is 9.84. The van der Waals surface area contributed by atoms with Crippen molar-refractivity contribution in [1.29, 1.82) is 0 Å². The van der Waals surface area contributed by atoms with E-state index >= 15 is 0 Å². The standard InChI is InChI=1S/C25H28O5/c1-15(11-19-12-16(2)14-28-19)7-6-10-25(4)17(3)22-23(30-25)20-9-8-18(27-5)13-21(20)29-24(22)26/h7-9,12-14,17H,6,10-11H2,1-5H3/b15-7+/t17-,25?/m1/s1. The van der Waals surface area contributed by atoms with E-state index in [0.29, 0.717) is 22.6 Å². The van der Waals surface area contributed by atoms with Gasteiger partial charge in [-0.25, -0.2) is 4.79 Å². The zero-order valence-electron chi connectivity index (χ0n) is 18.2. The first-order chi connectivity index (χ1) is 14.3. The van der Waals surface area contributed by atoms with Crippen molar-refractivity contribution in [3.8, 4) is 11.5 Å². The third-order valence-electron chi connectivity index (χ3n) is 6.16. The molecule has 2 aromatic heterocycles. The van der Waals surface area contributed by atoms with E-state index in [1.165, 1.54) is 5.57 Å². The molecule has 0 radical (unpaired) electrons. The minimum Gasteiger partial charge on any atom is -0.497 e. The monoisotopic (exact) mass is 408 g/mol. The van der Waals surface area contributed by atoms with Crippen LogP contribution in [-0.4, -0.2) is 12.7 Å². The van der Waals surface area contributed by atoms with Gasteiger partial charge in [-0.3, -0.25) is 0 Å². The zero-order chi connectivity index (χ0) is 21.5. The van der Waals surface area contributed by atoms with Crippen molar-refractivity contribution >= 4 is 11.0 Å². The van der Waals surface area contributed by atoms with Crippen LogP contribution in [-0.2, 0) is 6.42 Å². The first-order valence-corrected chi connectivity index (χ1v) is 10.3. The molecule has 5 heteroatoms. The van der Waals surface area contributed by atoms with Crippen molar-refractivity contribution in [2.45, 2.75) is 58.5 Å². The van der Waals surface area contributed by atoms with Crippen LogP contribution in [0.1, 0.15) is 56.4 Å². The van der Waals surface area contributed by atoms with Crippen LogP contribution < -0.4 is 15.1 Å². The predicted molar refractivity (Wildman–Crippen MR) is 117 cm³/mol. The molecular weight excluding hydrogens is 380 g/mol. The number of rotatable bonds is 6.